The Morgan fingerprint density at radius 3 is 2.76 bits per heavy atom. The van der Waals surface area contributed by atoms with Crippen LogP contribution >= 0.6 is 0 Å². The van der Waals surface area contributed by atoms with Crippen molar-refractivity contribution >= 4 is 17.5 Å². The third-order valence-corrected chi connectivity index (χ3v) is 4.39. The molecule has 1 aromatic carbocycles. The molecule has 0 bridgehead atoms. The predicted octanol–water partition coefficient (Wildman–Crippen LogP) is 1.44. The van der Waals surface area contributed by atoms with E-state index in [9.17, 15) is 9.59 Å². The number of aryl methyl sites for hydroxylation is 1. The number of hydrogen-bond donors (Lipinski definition) is 3. The number of nitrogens with one attached hydrogen (secondary N) is 3. The molecule has 0 aliphatic carbocycles. The largest absolute Gasteiger partial charge is 0.347 e. The molecule has 5 nitrogen and oxygen atoms in total. The molecule has 0 spiro atoms. The van der Waals surface area contributed by atoms with Gasteiger partial charge < -0.3 is 16.0 Å². The molecule has 2 aliphatic rings. The lowest BCUT2D eigenvalue weighted by atomic mass is 9.90. The first-order valence-corrected chi connectivity index (χ1v) is 7.52. The molecule has 3 rings (SSSR count). The van der Waals surface area contributed by atoms with E-state index in [2.05, 4.69) is 22.9 Å². The highest BCUT2D eigenvalue weighted by Crippen LogP contribution is 2.24. The minimum absolute atomic E-state index is 0.0286. The molecule has 0 saturated carbocycles. The van der Waals surface area contributed by atoms with Crippen molar-refractivity contribution < 1.29 is 9.59 Å². The van der Waals surface area contributed by atoms with E-state index in [0.29, 0.717) is 18.4 Å². The molecule has 21 heavy (non-hydrogen) atoms. The Hall–Kier alpha value is -1.88. The molecule has 3 N–H and O–H groups in total. The van der Waals surface area contributed by atoms with E-state index in [0.717, 1.165) is 37.2 Å². The summed E-state index contributed by atoms with van der Waals surface area (Å²) in [5, 5.41) is 9.30. The minimum Gasteiger partial charge on any atom is -0.347 e. The Labute approximate surface area is 124 Å². The highest BCUT2D eigenvalue weighted by molar-refractivity contribution is 5.98. The van der Waals surface area contributed by atoms with Crippen LogP contribution in [0.3, 0.4) is 0 Å². The van der Waals surface area contributed by atoms with E-state index < -0.39 is 0 Å². The molecule has 0 radical (unpaired) electrons. The van der Waals surface area contributed by atoms with Crippen molar-refractivity contribution in [3.8, 4) is 0 Å². The molecule has 2 aliphatic heterocycles. The Morgan fingerprint density at radius 1 is 1.24 bits per heavy atom. The van der Waals surface area contributed by atoms with Gasteiger partial charge in [0.15, 0.2) is 0 Å². The quantitative estimate of drug-likeness (QED) is 0.771. The molecule has 112 valence electrons. The number of piperidine rings is 1. The maximum absolute atomic E-state index is 12.4. The van der Waals surface area contributed by atoms with Crippen molar-refractivity contribution in [2.45, 2.75) is 38.1 Å². The van der Waals surface area contributed by atoms with Gasteiger partial charge >= 0.3 is 0 Å². The van der Waals surface area contributed by atoms with Gasteiger partial charge in [-0.25, -0.2) is 0 Å². The molecule has 0 aromatic heterocycles. The normalized spacial score (nSPS) is 20.3. The second-order valence-corrected chi connectivity index (χ2v) is 6.18. The predicted molar refractivity (Wildman–Crippen MR) is 81.4 cm³/mol. The summed E-state index contributed by atoms with van der Waals surface area (Å²) in [6.45, 7) is 3.98. The lowest BCUT2D eigenvalue weighted by Gasteiger charge is -2.35. The fourth-order valence-electron chi connectivity index (χ4n) is 2.97. The standard InChI is InChI=1S/C16H21N3O2/c1-16(6-8-17-9-7-16)19-15(21)12-2-4-13-11(10-12)3-5-14(20)18-13/h2,4,10,17H,3,5-9H2,1H3,(H,18,20)(H,19,21). The second kappa shape index (κ2) is 5.48. The Morgan fingerprint density at radius 2 is 2.00 bits per heavy atom. The molecule has 2 amide bonds. The molecule has 5 heteroatoms. The smallest absolute Gasteiger partial charge is 0.251 e. The molecule has 1 fully saturated rings. The van der Waals surface area contributed by atoms with E-state index in [1.54, 1.807) is 6.07 Å². The number of hydrogen-bond acceptors (Lipinski definition) is 3. The van der Waals surface area contributed by atoms with Gasteiger partial charge in [-0.2, -0.15) is 0 Å². The lowest BCUT2D eigenvalue weighted by Crippen LogP contribution is -2.52. The average molecular weight is 287 g/mol. The zero-order valence-electron chi connectivity index (χ0n) is 12.3. The molecular formula is C16H21N3O2. The van der Waals surface area contributed by atoms with Crippen LogP contribution in [0.5, 0.6) is 0 Å². The van der Waals surface area contributed by atoms with Gasteiger partial charge in [-0.1, -0.05) is 0 Å². The van der Waals surface area contributed by atoms with Crippen molar-refractivity contribution in [2.75, 3.05) is 18.4 Å². The van der Waals surface area contributed by atoms with Gasteiger partial charge in [0.25, 0.3) is 5.91 Å². The Bertz CT molecular complexity index is 577. The number of anilines is 1. The Balaban J connectivity index is 1.74. The lowest BCUT2D eigenvalue weighted by molar-refractivity contribution is -0.116. The summed E-state index contributed by atoms with van der Waals surface area (Å²) in [7, 11) is 0. The molecule has 2 heterocycles. The van der Waals surface area contributed by atoms with E-state index in [1.807, 2.05) is 12.1 Å². The molecule has 1 saturated heterocycles. The number of fused-ring (bicyclic) bond motifs is 1. The van der Waals surface area contributed by atoms with E-state index in [4.69, 9.17) is 0 Å². The highest BCUT2D eigenvalue weighted by Gasteiger charge is 2.29. The van der Waals surface area contributed by atoms with Crippen LogP contribution in [0.25, 0.3) is 0 Å². The number of benzene rings is 1. The fraction of sp³-hybridized carbons (Fsp3) is 0.500. The topological polar surface area (TPSA) is 70.2 Å². The summed E-state index contributed by atoms with van der Waals surface area (Å²) in [5.41, 5.74) is 2.41. The van der Waals surface area contributed by atoms with Crippen LogP contribution < -0.4 is 16.0 Å². The third-order valence-electron chi connectivity index (χ3n) is 4.39. The first kappa shape index (κ1) is 14.1. The second-order valence-electron chi connectivity index (χ2n) is 6.18. The summed E-state index contributed by atoms with van der Waals surface area (Å²) < 4.78 is 0. The number of amides is 2. The SMILES string of the molecule is CC1(NC(=O)c2ccc3c(c2)CCC(=O)N3)CCNCC1. The summed E-state index contributed by atoms with van der Waals surface area (Å²) >= 11 is 0. The van der Waals surface area contributed by atoms with Gasteiger partial charge in [-0.3, -0.25) is 9.59 Å². The van der Waals surface area contributed by atoms with Gasteiger partial charge in [0.2, 0.25) is 5.91 Å². The van der Waals surface area contributed by atoms with Crippen molar-refractivity contribution in [3.63, 3.8) is 0 Å². The molecular weight excluding hydrogens is 266 g/mol. The maximum Gasteiger partial charge on any atom is 0.251 e. The van der Waals surface area contributed by atoms with Crippen LogP contribution in [0.15, 0.2) is 18.2 Å². The maximum atomic E-state index is 12.4. The van der Waals surface area contributed by atoms with Gasteiger partial charge in [0, 0.05) is 23.2 Å². The van der Waals surface area contributed by atoms with Crippen molar-refractivity contribution in [2.24, 2.45) is 0 Å². The van der Waals surface area contributed by atoms with Crippen molar-refractivity contribution in [1.29, 1.82) is 0 Å². The summed E-state index contributed by atoms with van der Waals surface area (Å²) in [4.78, 5) is 23.8. The van der Waals surface area contributed by atoms with Crippen LogP contribution in [0.2, 0.25) is 0 Å². The van der Waals surface area contributed by atoms with Crippen LogP contribution in [0.1, 0.15) is 42.1 Å². The average Bonchev–Trinajstić information content (AvgIpc) is 2.47. The summed E-state index contributed by atoms with van der Waals surface area (Å²) in [5.74, 6) is 0.0148. The summed E-state index contributed by atoms with van der Waals surface area (Å²) in [6, 6.07) is 5.50. The molecule has 0 unspecified atom stereocenters. The molecule has 0 atom stereocenters. The van der Waals surface area contributed by atoms with Crippen molar-refractivity contribution in [1.82, 2.24) is 10.6 Å². The van der Waals surface area contributed by atoms with E-state index in [-0.39, 0.29) is 17.4 Å². The summed E-state index contributed by atoms with van der Waals surface area (Å²) in [6.07, 6.45) is 3.07. The van der Waals surface area contributed by atoms with Gasteiger partial charge in [0.1, 0.15) is 0 Å². The molecule has 1 aromatic rings. The first-order chi connectivity index (χ1) is 10.1. The highest BCUT2D eigenvalue weighted by atomic mass is 16.2. The zero-order chi connectivity index (χ0) is 14.9. The number of carbonyl (C=O) groups excluding carboxylic acids is 2. The zero-order valence-corrected chi connectivity index (χ0v) is 12.3. The van der Waals surface area contributed by atoms with Crippen LogP contribution in [0, 0.1) is 0 Å². The fourth-order valence-corrected chi connectivity index (χ4v) is 2.97. The monoisotopic (exact) mass is 287 g/mol. The van der Waals surface area contributed by atoms with E-state index >= 15 is 0 Å². The minimum atomic E-state index is -0.132. The van der Waals surface area contributed by atoms with E-state index in [1.165, 1.54) is 0 Å². The Kier molecular flexibility index (Phi) is 3.68. The van der Waals surface area contributed by atoms with Crippen LogP contribution in [-0.2, 0) is 11.2 Å². The van der Waals surface area contributed by atoms with Crippen LogP contribution in [0.4, 0.5) is 5.69 Å². The van der Waals surface area contributed by atoms with Crippen LogP contribution in [-0.4, -0.2) is 30.4 Å². The number of rotatable bonds is 2. The van der Waals surface area contributed by atoms with Gasteiger partial charge in [-0.05, 0) is 63.0 Å². The third kappa shape index (κ3) is 3.08. The first-order valence-electron chi connectivity index (χ1n) is 7.52. The van der Waals surface area contributed by atoms with Crippen molar-refractivity contribution in [3.05, 3.63) is 29.3 Å². The van der Waals surface area contributed by atoms with Gasteiger partial charge in [-0.15, -0.1) is 0 Å². The number of carbonyl (C=O) groups is 2. The van der Waals surface area contributed by atoms with Gasteiger partial charge in [0.05, 0.1) is 0 Å².